The van der Waals surface area contributed by atoms with Crippen LogP contribution in [0, 0.1) is 11.3 Å². The average molecular weight is 817 g/mol. The van der Waals surface area contributed by atoms with Crippen LogP contribution in [0.15, 0.2) is 0 Å². The van der Waals surface area contributed by atoms with Gasteiger partial charge in [0.25, 0.3) is 0 Å². The molecule has 0 spiro atoms. The number of nitrogens with two attached hydrogens (primary N) is 2. The number of carbonyl (C=O) groups is 1. The number of aliphatic hydroxyl groups excluding tert-OH is 1. The summed E-state index contributed by atoms with van der Waals surface area (Å²) >= 11 is 0. The van der Waals surface area contributed by atoms with Crippen molar-refractivity contribution < 1.29 is 59.8 Å². The van der Waals surface area contributed by atoms with Crippen molar-refractivity contribution in [3.63, 3.8) is 0 Å². The molecule has 3 saturated carbocycles. The van der Waals surface area contributed by atoms with Crippen LogP contribution in [-0.2, 0) is 30.4 Å². The van der Waals surface area contributed by atoms with Crippen LogP contribution in [0.3, 0.4) is 0 Å². The van der Waals surface area contributed by atoms with E-state index in [1.165, 1.54) is 83.6 Å². The van der Waals surface area contributed by atoms with Gasteiger partial charge in [0.05, 0.1) is 47.6 Å². The Hall–Kier alpha value is 0.108. The summed E-state index contributed by atoms with van der Waals surface area (Å²) in [5.41, 5.74) is 10.1. The molecule has 0 amide bonds. The molecule has 3 fully saturated rings. The SMILES string of the molecule is CCCCCC[N+](C)(C)CCCCCC(CO)(C(=O)[O-])C1CCCC1.NC1CCCC1.NC1CCCC1.O=P([O-])([O-])O.[Pt+2]. The van der Waals surface area contributed by atoms with E-state index in [9.17, 15) is 15.0 Å². The zero-order chi connectivity index (χ0) is 32.1. The van der Waals surface area contributed by atoms with E-state index in [0.717, 1.165) is 56.0 Å². The van der Waals surface area contributed by atoms with Crippen LogP contribution in [0.25, 0.3) is 0 Å². The summed E-state index contributed by atoms with van der Waals surface area (Å²) in [6.07, 6.45) is 23.4. The van der Waals surface area contributed by atoms with Crippen LogP contribution in [0.2, 0.25) is 0 Å². The Morgan fingerprint density at radius 3 is 1.49 bits per heavy atom. The van der Waals surface area contributed by atoms with Gasteiger partial charge in [0, 0.05) is 17.5 Å². The molecular formula is C31H64N3O7PPt. The molecule has 10 nitrogen and oxygen atoms in total. The van der Waals surface area contributed by atoms with Crippen molar-refractivity contribution in [3.05, 3.63) is 0 Å². The fraction of sp³-hybridized carbons (Fsp3) is 0.968. The molecule has 0 bridgehead atoms. The summed E-state index contributed by atoms with van der Waals surface area (Å²) in [4.78, 5) is 36.0. The van der Waals surface area contributed by atoms with E-state index < -0.39 is 19.2 Å². The quantitative estimate of drug-likeness (QED) is 0.116. The van der Waals surface area contributed by atoms with Gasteiger partial charge >= 0.3 is 21.1 Å². The molecule has 0 aliphatic heterocycles. The number of rotatable bonds is 14. The smallest absolute Gasteiger partial charge is 0.790 e. The molecule has 260 valence electrons. The molecule has 0 radical (unpaired) electrons. The maximum absolute atomic E-state index is 11.8. The van der Waals surface area contributed by atoms with E-state index in [4.69, 9.17) is 30.7 Å². The average Bonchev–Trinajstić information content (AvgIpc) is 3.69. The third-order valence-electron chi connectivity index (χ3n) is 9.13. The summed E-state index contributed by atoms with van der Waals surface area (Å²) in [7, 11) is -0.548. The van der Waals surface area contributed by atoms with Crippen LogP contribution in [0.5, 0.6) is 0 Å². The number of hydrogen-bond acceptors (Lipinski definition) is 8. The van der Waals surface area contributed by atoms with Crippen molar-refractivity contribution in [1.82, 2.24) is 0 Å². The second-order valence-corrected chi connectivity index (χ2v) is 14.3. The van der Waals surface area contributed by atoms with Gasteiger partial charge in [-0.2, -0.15) is 0 Å². The van der Waals surface area contributed by atoms with Gasteiger partial charge in [-0.15, -0.1) is 0 Å². The Morgan fingerprint density at radius 2 is 1.19 bits per heavy atom. The summed E-state index contributed by atoms with van der Waals surface area (Å²) < 4.78 is 9.71. The van der Waals surface area contributed by atoms with E-state index in [1.807, 2.05) is 0 Å². The van der Waals surface area contributed by atoms with Crippen molar-refractivity contribution in [2.24, 2.45) is 22.8 Å². The van der Waals surface area contributed by atoms with Gasteiger partial charge in [-0.05, 0) is 76.5 Å². The van der Waals surface area contributed by atoms with Crippen molar-refractivity contribution in [1.29, 1.82) is 0 Å². The molecule has 0 saturated heterocycles. The molecule has 43 heavy (non-hydrogen) atoms. The van der Waals surface area contributed by atoms with Crippen LogP contribution >= 0.6 is 7.82 Å². The first kappa shape index (κ1) is 45.2. The maximum atomic E-state index is 11.8. The summed E-state index contributed by atoms with van der Waals surface area (Å²) in [6.45, 7) is 4.35. The molecule has 3 aliphatic carbocycles. The number of aliphatic carboxylic acids is 1. The number of aliphatic hydroxyl groups is 1. The summed E-state index contributed by atoms with van der Waals surface area (Å²) in [5.74, 6) is -0.928. The number of carbonyl (C=O) groups excluding carboxylic acids is 1. The zero-order valence-electron chi connectivity index (χ0n) is 27.3. The minimum atomic E-state index is -5.14. The first-order chi connectivity index (χ1) is 19.7. The van der Waals surface area contributed by atoms with Gasteiger partial charge in [0.1, 0.15) is 0 Å². The Balaban J connectivity index is 0. The third-order valence-corrected chi connectivity index (χ3v) is 9.13. The number of quaternary nitrogens is 1. The van der Waals surface area contributed by atoms with Crippen molar-refractivity contribution >= 4 is 13.8 Å². The van der Waals surface area contributed by atoms with Crippen LogP contribution in [0.4, 0.5) is 0 Å². The molecule has 3 rings (SSSR count). The minimum Gasteiger partial charge on any atom is -0.790 e. The first-order valence-corrected chi connectivity index (χ1v) is 18.1. The largest absolute Gasteiger partial charge is 2.00 e. The molecule has 1 atom stereocenters. The predicted octanol–water partition coefficient (Wildman–Crippen LogP) is 2.70. The predicted molar refractivity (Wildman–Crippen MR) is 164 cm³/mol. The molecular weight excluding hydrogens is 752 g/mol. The summed E-state index contributed by atoms with van der Waals surface area (Å²) in [6, 6.07) is 1.09. The third kappa shape index (κ3) is 24.0. The van der Waals surface area contributed by atoms with Crippen LogP contribution < -0.4 is 26.4 Å². The minimum absolute atomic E-state index is 0. The van der Waals surface area contributed by atoms with Crippen molar-refractivity contribution in [2.45, 2.75) is 147 Å². The molecule has 1 unspecified atom stereocenters. The molecule has 0 aromatic heterocycles. The van der Waals surface area contributed by atoms with E-state index in [0.29, 0.717) is 18.5 Å². The van der Waals surface area contributed by atoms with Gasteiger partial charge in [-0.1, -0.05) is 64.7 Å². The van der Waals surface area contributed by atoms with E-state index in [2.05, 4.69) is 21.0 Å². The molecule has 3 aliphatic rings. The Kier molecular flexibility index (Phi) is 26.5. The molecule has 0 heterocycles. The molecule has 12 heteroatoms. The van der Waals surface area contributed by atoms with Gasteiger partial charge in [-0.3, -0.25) is 0 Å². The molecule has 0 aromatic carbocycles. The number of carboxylic acid groups (broad SMARTS) is 1. The van der Waals surface area contributed by atoms with Gasteiger partial charge < -0.3 is 50.2 Å². The Morgan fingerprint density at radius 1 is 0.814 bits per heavy atom. The van der Waals surface area contributed by atoms with Gasteiger partial charge in [0.15, 0.2) is 0 Å². The van der Waals surface area contributed by atoms with E-state index in [-0.39, 0.29) is 33.6 Å². The van der Waals surface area contributed by atoms with E-state index in [1.54, 1.807) is 0 Å². The number of nitrogens with zero attached hydrogens (tertiary/aromatic N) is 1. The van der Waals surface area contributed by atoms with Crippen molar-refractivity contribution in [3.8, 4) is 0 Å². The first-order valence-electron chi connectivity index (χ1n) is 16.6. The summed E-state index contributed by atoms with van der Waals surface area (Å²) in [5, 5.41) is 21.6. The normalized spacial score (nSPS) is 19.2. The fourth-order valence-corrected chi connectivity index (χ4v) is 6.37. The standard InChI is InChI=1S/C21H41NO3.2C5H11N.H3O4P.Pt/c1-4-5-6-11-16-22(2,3)17-12-7-10-15-21(18-23,20(24)25)19-13-8-9-14-19;2*6-5-3-1-2-4-5;1-5(2,3)4;/h19,23H,4-18H2,1-3H3;2*5H,1-4,6H2;(H3,1,2,3,4);/q;;;;+2/p-2. The number of hydrogen-bond donors (Lipinski definition) is 4. The van der Waals surface area contributed by atoms with Crippen molar-refractivity contribution in [2.75, 3.05) is 33.8 Å². The fourth-order valence-electron chi connectivity index (χ4n) is 6.37. The monoisotopic (exact) mass is 816 g/mol. The van der Waals surface area contributed by atoms with Crippen LogP contribution in [0.1, 0.15) is 135 Å². The Bertz CT molecular complexity index is 704. The van der Waals surface area contributed by atoms with Crippen LogP contribution in [-0.4, -0.2) is 66.3 Å². The molecule has 6 N–H and O–H groups in total. The topological polar surface area (TPSA) is 196 Å². The molecule has 0 aromatic rings. The van der Waals surface area contributed by atoms with Gasteiger partial charge in [0.2, 0.25) is 0 Å². The second kappa shape index (κ2) is 25.2. The number of carboxylic acids is 1. The zero-order valence-corrected chi connectivity index (χ0v) is 30.5. The number of unbranched alkanes of at least 4 members (excludes halogenated alkanes) is 5. The number of phosphoric acid groups is 1. The van der Waals surface area contributed by atoms with Gasteiger partial charge in [-0.25, -0.2) is 0 Å². The second-order valence-electron chi connectivity index (χ2n) is 13.4. The Labute approximate surface area is 276 Å². The van der Waals surface area contributed by atoms with E-state index >= 15 is 0 Å². The maximum Gasteiger partial charge on any atom is 2.00 e.